The second-order valence-electron chi connectivity index (χ2n) is 10.8. The van der Waals surface area contributed by atoms with E-state index in [0.717, 1.165) is 35.5 Å². The molecule has 0 saturated heterocycles. The van der Waals surface area contributed by atoms with Crippen LogP contribution in [-0.2, 0) is 14.3 Å². The molecule has 5 atom stereocenters. The highest BCUT2D eigenvalue weighted by atomic mass is 32.1. The first-order valence-electron chi connectivity index (χ1n) is 12.5. The van der Waals surface area contributed by atoms with Crippen LogP contribution in [0.3, 0.4) is 0 Å². The Kier molecular flexibility index (Phi) is 10.3. The molecule has 0 spiro atoms. The van der Waals surface area contributed by atoms with Crippen molar-refractivity contribution in [2.75, 3.05) is 0 Å². The van der Waals surface area contributed by atoms with Crippen molar-refractivity contribution >= 4 is 29.2 Å². The monoisotopic (exact) mass is 489 g/mol. The molecule has 0 amide bonds. The molecule has 1 aliphatic heterocycles. The fraction of sp³-hybridized carbons (Fsp3) is 0.679. The average Bonchev–Trinajstić information content (AvgIpc) is 3.18. The summed E-state index contributed by atoms with van der Waals surface area (Å²) in [6.07, 6.45) is 6.57. The number of esters is 1. The maximum Gasteiger partial charge on any atom is 0.306 e. The largest absolute Gasteiger partial charge is 0.457 e. The Morgan fingerprint density at radius 2 is 1.91 bits per heavy atom. The standard InChI is InChI=1S/C28H43NO4S/c1-17-10-9-11-18(2)26(31)21(5)27(32)28(7,8)20(4)15-25(30)33-24(13-12-17)19(3)14-23-16-34-22(6)29-23/h12,14,16,18,20-21,24,26,31H,9-11,13,15H2,1-8H3/b17-12-,19-14+/t18-,20+,21-,24+,26?/m1/s1. The fourth-order valence-electron chi connectivity index (χ4n) is 4.57. The van der Waals surface area contributed by atoms with Crippen LogP contribution in [0.1, 0.15) is 91.3 Å². The van der Waals surface area contributed by atoms with E-state index in [0.29, 0.717) is 6.42 Å². The molecule has 0 saturated carbocycles. The van der Waals surface area contributed by atoms with Gasteiger partial charge in [-0.15, -0.1) is 11.3 Å². The van der Waals surface area contributed by atoms with E-state index in [2.05, 4.69) is 18.0 Å². The molecule has 1 aliphatic rings. The van der Waals surface area contributed by atoms with Gasteiger partial charge in [0.25, 0.3) is 0 Å². The molecule has 0 bridgehead atoms. The molecule has 0 aliphatic carbocycles. The number of carbonyl (C=O) groups is 2. The van der Waals surface area contributed by atoms with Gasteiger partial charge in [0.15, 0.2) is 0 Å². The van der Waals surface area contributed by atoms with Gasteiger partial charge in [0, 0.05) is 29.6 Å². The molecule has 1 aromatic rings. The molecule has 0 radical (unpaired) electrons. The van der Waals surface area contributed by atoms with Crippen molar-refractivity contribution in [2.45, 2.75) is 99.7 Å². The predicted molar refractivity (Wildman–Crippen MR) is 140 cm³/mol. The molecule has 2 rings (SSSR count). The van der Waals surface area contributed by atoms with Crippen LogP contribution >= 0.6 is 11.3 Å². The van der Waals surface area contributed by atoms with E-state index < -0.39 is 17.4 Å². The maximum atomic E-state index is 13.3. The summed E-state index contributed by atoms with van der Waals surface area (Å²) in [6.45, 7) is 15.6. The average molecular weight is 490 g/mol. The first-order chi connectivity index (χ1) is 15.8. The zero-order chi connectivity index (χ0) is 25.6. The highest BCUT2D eigenvalue weighted by Gasteiger charge is 2.41. The fourth-order valence-corrected chi connectivity index (χ4v) is 5.14. The Labute approximate surface area is 209 Å². The van der Waals surface area contributed by atoms with Gasteiger partial charge in [-0.25, -0.2) is 4.98 Å². The van der Waals surface area contributed by atoms with Gasteiger partial charge >= 0.3 is 5.97 Å². The van der Waals surface area contributed by atoms with Crippen LogP contribution in [0.5, 0.6) is 0 Å². The number of allylic oxidation sites excluding steroid dienone is 1. The van der Waals surface area contributed by atoms with Crippen LogP contribution in [0.4, 0.5) is 0 Å². The van der Waals surface area contributed by atoms with Crippen molar-refractivity contribution in [2.24, 2.45) is 23.2 Å². The van der Waals surface area contributed by atoms with Gasteiger partial charge in [-0.05, 0) is 63.5 Å². The number of carbonyl (C=O) groups excluding carboxylic acids is 2. The number of aliphatic hydroxyl groups excluding tert-OH is 1. The molecule has 190 valence electrons. The van der Waals surface area contributed by atoms with E-state index in [9.17, 15) is 14.7 Å². The molecular formula is C28H43NO4S. The lowest BCUT2D eigenvalue weighted by Crippen LogP contribution is -2.42. The number of aryl methyl sites for hydroxylation is 1. The van der Waals surface area contributed by atoms with E-state index in [1.165, 1.54) is 5.57 Å². The number of thiazole rings is 1. The SMILES string of the molecule is C/C1=C/C[C@@H](/C(C)=C/c2csc(C)n2)OC(=O)C[C@H](C)C(C)(C)C(=O)[C@H](C)C(O)[C@H](C)CCC1. The van der Waals surface area contributed by atoms with Gasteiger partial charge in [0.2, 0.25) is 0 Å². The number of rotatable bonds is 2. The molecule has 34 heavy (non-hydrogen) atoms. The van der Waals surface area contributed by atoms with Crippen molar-refractivity contribution in [1.82, 2.24) is 4.98 Å². The molecule has 1 aromatic heterocycles. The molecular weight excluding hydrogens is 446 g/mol. The van der Waals surface area contributed by atoms with Crippen molar-refractivity contribution in [3.63, 3.8) is 0 Å². The normalized spacial score (nSPS) is 32.1. The summed E-state index contributed by atoms with van der Waals surface area (Å²) in [5.74, 6) is -0.960. The van der Waals surface area contributed by atoms with Gasteiger partial charge in [-0.1, -0.05) is 46.3 Å². The first kappa shape index (κ1) is 28.4. The number of aliphatic hydroxyl groups is 1. The third-order valence-corrected chi connectivity index (χ3v) is 8.35. The molecule has 6 heteroatoms. The second-order valence-corrected chi connectivity index (χ2v) is 11.8. The molecule has 2 heterocycles. The summed E-state index contributed by atoms with van der Waals surface area (Å²) >= 11 is 1.60. The van der Waals surface area contributed by atoms with Gasteiger partial charge in [0.05, 0.1) is 16.8 Å². The Bertz CT molecular complexity index is 913. The minimum absolute atomic E-state index is 0.00171. The lowest BCUT2D eigenvalue weighted by molar-refractivity contribution is -0.150. The molecule has 5 nitrogen and oxygen atoms in total. The molecule has 0 aromatic carbocycles. The summed E-state index contributed by atoms with van der Waals surface area (Å²) < 4.78 is 5.97. The van der Waals surface area contributed by atoms with Crippen molar-refractivity contribution in [1.29, 1.82) is 0 Å². The number of cyclic esters (lactones) is 1. The third kappa shape index (κ3) is 7.61. The Balaban J connectivity index is 2.33. The van der Waals surface area contributed by atoms with Crippen LogP contribution in [0, 0.1) is 30.1 Å². The summed E-state index contributed by atoms with van der Waals surface area (Å²) in [7, 11) is 0. The topological polar surface area (TPSA) is 76.5 Å². The minimum atomic E-state index is -0.745. The van der Waals surface area contributed by atoms with E-state index in [4.69, 9.17) is 4.74 Å². The molecule has 1 unspecified atom stereocenters. The van der Waals surface area contributed by atoms with Gasteiger partial charge in [-0.2, -0.15) is 0 Å². The quantitative estimate of drug-likeness (QED) is 0.377. The lowest BCUT2D eigenvalue weighted by atomic mass is 9.69. The van der Waals surface area contributed by atoms with Gasteiger partial charge in [-0.3, -0.25) is 9.59 Å². The number of Topliss-reactive ketones (excluding diaryl/α,β-unsaturated/α-hetero) is 1. The van der Waals surface area contributed by atoms with Crippen LogP contribution in [-0.4, -0.2) is 34.1 Å². The van der Waals surface area contributed by atoms with Crippen LogP contribution < -0.4 is 0 Å². The summed E-state index contributed by atoms with van der Waals surface area (Å²) in [5.41, 5.74) is 2.33. The Hall–Kier alpha value is -1.79. The number of hydrogen-bond acceptors (Lipinski definition) is 6. The zero-order valence-electron chi connectivity index (χ0n) is 22.2. The van der Waals surface area contributed by atoms with Crippen molar-refractivity contribution < 1.29 is 19.4 Å². The molecule has 1 N–H and O–H groups in total. The van der Waals surface area contributed by atoms with E-state index in [1.807, 2.05) is 59.9 Å². The number of ether oxygens (including phenoxy) is 1. The second kappa shape index (κ2) is 12.3. The van der Waals surface area contributed by atoms with Crippen LogP contribution in [0.2, 0.25) is 0 Å². The third-order valence-electron chi connectivity index (χ3n) is 7.55. The van der Waals surface area contributed by atoms with E-state index in [1.54, 1.807) is 11.3 Å². The van der Waals surface area contributed by atoms with Crippen LogP contribution in [0.15, 0.2) is 22.6 Å². The zero-order valence-corrected chi connectivity index (χ0v) is 23.0. The lowest BCUT2D eigenvalue weighted by Gasteiger charge is -2.35. The van der Waals surface area contributed by atoms with Gasteiger partial charge in [0.1, 0.15) is 11.9 Å². The Morgan fingerprint density at radius 3 is 2.53 bits per heavy atom. The van der Waals surface area contributed by atoms with Crippen molar-refractivity contribution in [3.05, 3.63) is 33.3 Å². The number of aromatic nitrogens is 1. The number of ketones is 1. The predicted octanol–water partition coefficient (Wildman–Crippen LogP) is 6.54. The van der Waals surface area contributed by atoms with Crippen molar-refractivity contribution in [3.8, 4) is 0 Å². The minimum Gasteiger partial charge on any atom is -0.457 e. The van der Waals surface area contributed by atoms with Gasteiger partial charge < -0.3 is 9.84 Å². The Morgan fingerprint density at radius 1 is 1.24 bits per heavy atom. The summed E-state index contributed by atoms with van der Waals surface area (Å²) in [5, 5.41) is 13.8. The number of hydrogen-bond donors (Lipinski definition) is 1. The summed E-state index contributed by atoms with van der Waals surface area (Å²) in [6, 6.07) is 0. The smallest absolute Gasteiger partial charge is 0.306 e. The molecule has 0 fully saturated rings. The van der Waals surface area contributed by atoms with E-state index >= 15 is 0 Å². The first-order valence-corrected chi connectivity index (χ1v) is 13.4. The highest BCUT2D eigenvalue weighted by Crippen LogP contribution is 2.36. The summed E-state index contributed by atoms with van der Waals surface area (Å²) in [4.78, 5) is 30.8. The van der Waals surface area contributed by atoms with E-state index in [-0.39, 0.29) is 36.1 Å². The maximum absolute atomic E-state index is 13.3. The number of nitrogens with zero attached hydrogens (tertiary/aromatic N) is 1. The highest BCUT2D eigenvalue weighted by molar-refractivity contribution is 7.09. The van der Waals surface area contributed by atoms with Crippen LogP contribution in [0.25, 0.3) is 6.08 Å².